The first kappa shape index (κ1) is 14.0. The minimum Gasteiger partial charge on any atom is -0.594 e. The third kappa shape index (κ3) is 1.90. The Morgan fingerprint density at radius 1 is 1.13 bits per heavy atom. The molecule has 23 heavy (non-hydrogen) atoms. The van der Waals surface area contributed by atoms with Crippen molar-refractivity contribution in [2.45, 2.75) is 0 Å². The van der Waals surface area contributed by atoms with Crippen molar-refractivity contribution in [1.82, 2.24) is 5.16 Å². The molecule has 3 heterocycles. The molecule has 0 amide bonds. The van der Waals surface area contributed by atoms with E-state index in [2.05, 4.69) is 5.16 Å². The van der Waals surface area contributed by atoms with Crippen molar-refractivity contribution in [3.8, 4) is 11.3 Å². The topological polar surface area (TPSA) is 78.6 Å². The van der Waals surface area contributed by atoms with Crippen LogP contribution in [0.1, 0.15) is 0 Å². The summed E-state index contributed by atoms with van der Waals surface area (Å²) in [6.45, 7) is -2.39. The van der Waals surface area contributed by atoms with Crippen LogP contribution in [0.25, 0.3) is 11.3 Å². The minimum atomic E-state index is -2.44. The zero-order valence-corrected chi connectivity index (χ0v) is 12.2. The smallest absolute Gasteiger partial charge is 0.594 e. The highest BCUT2D eigenvalue weighted by Crippen LogP contribution is 2.34. The lowest BCUT2D eigenvalue weighted by Crippen LogP contribution is -2.67. The summed E-state index contributed by atoms with van der Waals surface area (Å²) in [6, 6.07) is 7.27. The van der Waals surface area contributed by atoms with Gasteiger partial charge in [-0.15, -0.1) is 0 Å². The molecule has 0 atom stereocenters. The van der Waals surface area contributed by atoms with Crippen LogP contribution in [-0.2, 0) is 18.9 Å². The Labute approximate surface area is 130 Å². The summed E-state index contributed by atoms with van der Waals surface area (Å²) in [7, 11) is 1.70. The van der Waals surface area contributed by atoms with Crippen molar-refractivity contribution >= 4 is 24.3 Å². The van der Waals surface area contributed by atoms with Crippen molar-refractivity contribution < 1.29 is 32.2 Å². The van der Waals surface area contributed by atoms with Gasteiger partial charge in [-0.1, -0.05) is 5.16 Å². The van der Waals surface area contributed by atoms with Crippen molar-refractivity contribution in [3.05, 3.63) is 36.1 Å². The van der Waals surface area contributed by atoms with Crippen LogP contribution in [0.4, 0.5) is 4.39 Å². The van der Waals surface area contributed by atoms with E-state index >= 15 is 0 Å². The number of quaternary nitrogens is 1. The molecule has 0 radical (unpaired) electrons. The average molecular weight is 318 g/mol. The fourth-order valence-corrected chi connectivity index (χ4v) is 3.24. The van der Waals surface area contributed by atoms with E-state index in [1.807, 2.05) is 0 Å². The van der Waals surface area contributed by atoms with Gasteiger partial charge in [-0.25, -0.2) is 4.39 Å². The first-order chi connectivity index (χ1) is 10.9. The number of carbonyl (C=O) groups is 2. The molecule has 0 spiro atoms. The highest BCUT2D eigenvalue weighted by molar-refractivity contribution is 6.78. The van der Waals surface area contributed by atoms with Gasteiger partial charge in [0.05, 0.1) is 0 Å². The number of fused-ring (bicyclic) bond motifs is 1. The molecule has 2 aromatic rings. The zero-order valence-electron chi connectivity index (χ0n) is 12.2. The summed E-state index contributed by atoms with van der Waals surface area (Å²) < 4.78 is 29.0. The van der Waals surface area contributed by atoms with Crippen molar-refractivity contribution in [2.24, 2.45) is 0 Å². The molecule has 0 N–H and O–H groups in total. The Hall–Kier alpha value is -2.68. The number of likely N-dealkylation sites (N-methyl/N-ethyl adjacent to an activating group) is 1. The Kier molecular flexibility index (Phi) is 2.68. The molecule has 2 fully saturated rings. The molecule has 2 aliphatic rings. The Morgan fingerprint density at radius 3 is 2.35 bits per heavy atom. The second kappa shape index (κ2) is 4.42. The van der Waals surface area contributed by atoms with Gasteiger partial charge in [0.15, 0.2) is 0 Å². The van der Waals surface area contributed by atoms with Crippen LogP contribution in [0.5, 0.6) is 0 Å². The maximum absolute atomic E-state index is 13.0. The first-order valence-electron chi connectivity index (χ1n) is 7.07. The molecule has 1 aromatic carbocycles. The number of nitrogens with zero attached hydrogens (tertiary/aromatic N) is 2. The number of carbonyl (C=O) groups excluding carboxylic acids is 2. The van der Waals surface area contributed by atoms with Crippen molar-refractivity contribution in [3.63, 3.8) is 0 Å². The summed E-state index contributed by atoms with van der Waals surface area (Å²) in [5.41, 5.74) is 1.26. The lowest BCUT2D eigenvalue weighted by Gasteiger charge is -2.37. The number of aromatic nitrogens is 1. The van der Waals surface area contributed by atoms with E-state index in [1.54, 1.807) is 25.2 Å². The predicted octanol–water partition coefficient (Wildman–Crippen LogP) is 0.187. The number of benzene rings is 1. The zero-order chi connectivity index (χ0) is 16.2. The van der Waals surface area contributed by atoms with Crippen LogP contribution in [0.3, 0.4) is 0 Å². The molecule has 4 rings (SSSR count). The summed E-state index contributed by atoms with van der Waals surface area (Å²) in [5.74, 6) is -1.28. The minimum absolute atomic E-state index is 0.0181. The maximum Gasteiger partial charge on any atom is 0.651 e. The Bertz CT molecular complexity index is 799. The molecule has 2 saturated heterocycles. The molecule has 118 valence electrons. The number of rotatable bonds is 2. The third-order valence-electron chi connectivity index (χ3n) is 4.41. The predicted molar refractivity (Wildman–Crippen MR) is 75.4 cm³/mol. The average Bonchev–Trinajstić information content (AvgIpc) is 3.09. The second-order valence-electron chi connectivity index (χ2n) is 6.07. The van der Waals surface area contributed by atoms with Gasteiger partial charge in [-0.2, -0.15) is 0 Å². The van der Waals surface area contributed by atoms with E-state index in [4.69, 9.17) is 13.8 Å². The van der Waals surface area contributed by atoms with E-state index in [-0.39, 0.29) is 29.0 Å². The van der Waals surface area contributed by atoms with Gasteiger partial charge in [0.25, 0.3) is 0 Å². The monoisotopic (exact) mass is 318 g/mol. The largest absolute Gasteiger partial charge is 0.651 e. The normalized spacial score (nSPS) is 29.3. The van der Waals surface area contributed by atoms with Crippen LogP contribution in [0.15, 0.2) is 34.9 Å². The number of halogens is 1. The van der Waals surface area contributed by atoms with Gasteiger partial charge in [0, 0.05) is 12.6 Å². The molecule has 9 heteroatoms. The van der Waals surface area contributed by atoms with Crippen LogP contribution >= 0.6 is 0 Å². The maximum atomic E-state index is 13.0. The van der Waals surface area contributed by atoms with Crippen LogP contribution in [0.2, 0.25) is 0 Å². The highest BCUT2D eigenvalue weighted by Gasteiger charge is 2.68. The Morgan fingerprint density at radius 2 is 1.74 bits per heavy atom. The van der Waals surface area contributed by atoms with Crippen LogP contribution in [-0.4, -0.2) is 48.3 Å². The molecule has 7 nitrogen and oxygen atoms in total. The van der Waals surface area contributed by atoms with Crippen molar-refractivity contribution in [2.75, 3.05) is 20.1 Å². The van der Waals surface area contributed by atoms with E-state index in [0.29, 0.717) is 11.3 Å². The number of hydrogen-bond acceptors (Lipinski definition) is 6. The summed E-state index contributed by atoms with van der Waals surface area (Å²) in [4.78, 5) is 23.5. The summed E-state index contributed by atoms with van der Waals surface area (Å²) in [6.07, 6.45) is 0. The quantitative estimate of drug-likeness (QED) is 0.736. The van der Waals surface area contributed by atoms with Gasteiger partial charge < -0.3 is 18.2 Å². The fraction of sp³-hybridized carbons (Fsp3) is 0.214. The molecule has 0 bridgehead atoms. The Balaban J connectivity index is 1.77. The molecule has 2 aliphatic heterocycles. The third-order valence-corrected chi connectivity index (χ3v) is 4.41. The molecule has 0 aliphatic carbocycles. The van der Waals surface area contributed by atoms with E-state index < -0.39 is 18.6 Å². The van der Waals surface area contributed by atoms with Crippen LogP contribution < -0.4 is 5.66 Å². The number of hydrogen-bond donors (Lipinski definition) is 0. The second-order valence-corrected chi connectivity index (χ2v) is 6.07. The molecular weight excluding hydrogens is 306 g/mol. The van der Waals surface area contributed by atoms with E-state index in [9.17, 15) is 14.0 Å². The van der Waals surface area contributed by atoms with Gasteiger partial charge in [0.1, 0.15) is 30.3 Å². The standard InChI is InChI=1S/C14H12BFN2O5/c1-18-7-13(19)21-15(18,22-14(20)8-18)12-6-11(17-23-12)9-2-4-10(16)5-3-9/h2-6H,7-8H2,1H3. The van der Waals surface area contributed by atoms with E-state index in [1.165, 1.54) is 12.1 Å². The highest BCUT2D eigenvalue weighted by atomic mass is 19.1. The van der Waals surface area contributed by atoms with Crippen molar-refractivity contribution in [1.29, 1.82) is 0 Å². The lowest BCUT2D eigenvalue weighted by molar-refractivity contribution is -0.791. The molecule has 1 aromatic heterocycles. The molecular formula is C14H12BFN2O5. The summed E-state index contributed by atoms with van der Waals surface area (Å²) in [5, 5.41) is 3.92. The molecule has 0 unspecified atom stereocenters. The fourth-order valence-electron chi connectivity index (χ4n) is 3.24. The SMILES string of the molecule is C[N+]12CC(=O)O[B-]1(c1cc(-c3ccc(F)cc3)no1)OC(=O)C2. The lowest BCUT2D eigenvalue weighted by atomic mass is 9.65. The first-order valence-corrected chi connectivity index (χ1v) is 7.07. The molecule has 0 saturated carbocycles. The van der Waals surface area contributed by atoms with Gasteiger partial charge in [0.2, 0.25) is 0 Å². The van der Waals surface area contributed by atoms with Crippen LogP contribution in [0, 0.1) is 5.82 Å². The van der Waals surface area contributed by atoms with Gasteiger partial charge >= 0.3 is 18.6 Å². The van der Waals surface area contributed by atoms with Gasteiger partial charge in [-0.05, 0) is 30.3 Å². The van der Waals surface area contributed by atoms with Gasteiger partial charge in [-0.3, -0.25) is 9.59 Å². The van der Waals surface area contributed by atoms with E-state index in [0.717, 1.165) is 0 Å². The summed E-state index contributed by atoms with van der Waals surface area (Å²) >= 11 is 0.